The maximum absolute atomic E-state index is 12.0. The van der Waals surface area contributed by atoms with Crippen LogP contribution in [0.3, 0.4) is 0 Å². The Morgan fingerprint density at radius 3 is 2.76 bits per heavy atom. The van der Waals surface area contributed by atoms with Gasteiger partial charge in [0.15, 0.2) is 0 Å². The summed E-state index contributed by atoms with van der Waals surface area (Å²) in [5.74, 6) is -0.123. The molecule has 1 aliphatic rings. The SMILES string of the molecule is CCCS(=O)(=O)N1CCNCC1C(=O)NCC. The molecule has 1 atom stereocenters. The van der Waals surface area contributed by atoms with Gasteiger partial charge in [-0.1, -0.05) is 6.92 Å². The van der Waals surface area contributed by atoms with Crippen molar-refractivity contribution in [1.82, 2.24) is 14.9 Å². The van der Waals surface area contributed by atoms with Gasteiger partial charge in [-0.3, -0.25) is 4.79 Å². The van der Waals surface area contributed by atoms with E-state index in [0.29, 0.717) is 32.6 Å². The third-order valence-electron chi connectivity index (χ3n) is 2.67. The van der Waals surface area contributed by atoms with Crippen LogP contribution in [0.1, 0.15) is 20.3 Å². The Labute approximate surface area is 103 Å². The number of nitrogens with zero attached hydrogens (tertiary/aromatic N) is 1. The molecule has 0 bridgehead atoms. The number of piperazine rings is 1. The molecular formula is C10H21N3O3S. The standard InChI is InChI=1S/C10H21N3O3S/c1-3-7-17(15,16)13-6-5-11-8-9(13)10(14)12-4-2/h9,11H,3-8H2,1-2H3,(H,12,14). The maximum atomic E-state index is 12.0. The fourth-order valence-corrected chi connectivity index (χ4v) is 3.59. The van der Waals surface area contributed by atoms with E-state index in [1.54, 1.807) is 0 Å². The van der Waals surface area contributed by atoms with Crippen molar-refractivity contribution in [2.24, 2.45) is 0 Å². The molecule has 0 radical (unpaired) electrons. The molecule has 1 amide bonds. The topological polar surface area (TPSA) is 78.5 Å². The minimum absolute atomic E-state index is 0.100. The fraction of sp³-hybridized carbons (Fsp3) is 0.900. The second-order valence-corrected chi connectivity index (χ2v) is 6.08. The van der Waals surface area contributed by atoms with Crippen LogP contribution in [0.15, 0.2) is 0 Å². The number of amides is 1. The summed E-state index contributed by atoms with van der Waals surface area (Å²) >= 11 is 0. The molecule has 17 heavy (non-hydrogen) atoms. The number of carbonyl (C=O) groups excluding carboxylic acids is 1. The number of nitrogens with one attached hydrogen (secondary N) is 2. The van der Waals surface area contributed by atoms with Crippen LogP contribution in [0.4, 0.5) is 0 Å². The van der Waals surface area contributed by atoms with Crippen LogP contribution >= 0.6 is 0 Å². The Balaban J connectivity index is 2.82. The maximum Gasteiger partial charge on any atom is 0.239 e. The molecule has 6 nitrogen and oxygen atoms in total. The van der Waals surface area contributed by atoms with E-state index in [9.17, 15) is 13.2 Å². The average Bonchev–Trinajstić information content (AvgIpc) is 2.29. The highest BCUT2D eigenvalue weighted by Gasteiger charge is 2.35. The van der Waals surface area contributed by atoms with Crippen LogP contribution in [0, 0.1) is 0 Å². The highest BCUT2D eigenvalue weighted by atomic mass is 32.2. The van der Waals surface area contributed by atoms with Crippen LogP contribution in [0.5, 0.6) is 0 Å². The van der Waals surface area contributed by atoms with E-state index < -0.39 is 16.1 Å². The van der Waals surface area contributed by atoms with Gasteiger partial charge in [-0.2, -0.15) is 4.31 Å². The number of rotatable bonds is 5. The third kappa shape index (κ3) is 3.65. The van der Waals surface area contributed by atoms with Crippen molar-refractivity contribution >= 4 is 15.9 Å². The zero-order valence-electron chi connectivity index (χ0n) is 10.4. The number of hydrogen-bond donors (Lipinski definition) is 2. The second-order valence-electron chi connectivity index (χ2n) is 4.04. The number of likely N-dealkylation sites (N-methyl/N-ethyl adjacent to an activating group) is 1. The summed E-state index contributed by atoms with van der Waals surface area (Å²) in [6.45, 7) is 5.49. The first kappa shape index (κ1) is 14.4. The molecule has 0 aromatic heterocycles. The third-order valence-corrected chi connectivity index (χ3v) is 4.74. The lowest BCUT2D eigenvalue weighted by atomic mass is 10.2. The van der Waals surface area contributed by atoms with E-state index in [4.69, 9.17) is 0 Å². The van der Waals surface area contributed by atoms with Gasteiger partial charge in [0.1, 0.15) is 6.04 Å². The Kier molecular flexibility index (Phi) is 5.35. The predicted molar refractivity (Wildman–Crippen MR) is 66.1 cm³/mol. The van der Waals surface area contributed by atoms with Crippen molar-refractivity contribution in [3.63, 3.8) is 0 Å². The van der Waals surface area contributed by atoms with Crippen molar-refractivity contribution in [1.29, 1.82) is 0 Å². The van der Waals surface area contributed by atoms with Gasteiger partial charge in [-0.25, -0.2) is 8.42 Å². The van der Waals surface area contributed by atoms with E-state index in [2.05, 4.69) is 10.6 Å². The lowest BCUT2D eigenvalue weighted by Crippen LogP contribution is -2.59. The summed E-state index contributed by atoms with van der Waals surface area (Å²) in [4.78, 5) is 11.8. The van der Waals surface area contributed by atoms with Crippen molar-refractivity contribution in [3.8, 4) is 0 Å². The zero-order chi connectivity index (χ0) is 12.9. The van der Waals surface area contributed by atoms with Crippen molar-refractivity contribution in [3.05, 3.63) is 0 Å². The Hall–Kier alpha value is -0.660. The fourth-order valence-electron chi connectivity index (χ4n) is 1.91. The summed E-state index contributed by atoms with van der Waals surface area (Å²) in [7, 11) is -3.31. The highest BCUT2D eigenvalue weighted by molar-refractivity contribution is 7.89. The molecule has 1 rings (SSSR count). The number of carbonyl (C=O) groups is 1. The predicted octanol–water partition coefficient (Wildman–Crippen LogP) is -0.864. The molecule has 0 aliphatic carbocycles. The van der Waals surface area contributed by atoms with Gasteiger partial charge in [0.25, 0.3) is 0 Å². The van der Waals surface area contributed by atoms with E-state index in [0.717, 1.165) is 0 Å². The Bertz CT molecular complexity index is 356. The van der Waals surface area contributed by atoms with Gasteiger partial charge >= 0.3 is 0 Å². The highest BCUT2D eigenvalue weighted by Crippen LogP contribution is 2.11. The first-order valence-corrected chi connectivity index (χ1v) is 7.61. The summed E-state index contributed by atoms with van der Waals surface area (Å²) in [5.41, 5.74) is 0. The normalized spacial score (nSPS) is 22.4. The largest absolute Gasteiger partial charge is 0.355 e. The van der Waals surface area contributed by atoms with E-state index in [-0.39, 0.29) is 11.7 Å². The molecule has 100 valence electrons. The van der Waals surface area contributed by atoms with Crippen molar-refractivity contribution in [2.45, 2.75) is 26.3 Å². The molecule has 0 spiro atoms. The lowest BCUT2D eigenvalue weighted by molar-refractivity contribution is -0.125. The molecule has 1 unspecified atom stereocenters. The van der Waals surface area contributed by atoms with Gasteiger partial charge in [-0.05, 0) is 13.3 Å². The van der Waals surface area contributed by atoms with Crippen LogP contribution in [-0.4, -0.2) is 56.6 Å². The minimum atomic E-state index is -3.31. The quantitative estimate of drug-likeness (QED) is 0.676. The summed E-state index contributed by atoms with van der Waals surface area (Å²) in [6.07, 6.45) is 0.564. The summed E-state index contributed by atoms with van der Waals surface area (Å²) in [6, 6.07) is -0.611. The number of hydrogen-bond acceptors (Lipinski definition) is 4. The molecule has 1 saturated heterocycles. The van der Waals surface area contributed by atoms with E-state index in [1.165, 1.54) is 4.31 Å². The summed E-state index contributed by atoms with van der Waals surface area (Å²) < 4.78 is 25.4. The average molecular weight is 263 g/mol. The molecule has 1 fully saturated rings. The molecule has 0 aromatic rings. The van der Waals surface area contributed by atoms with Gasteiger partial charge < -0.3 is 10.6 Å². The molecule has 0 saturated carbocycles. The molecule has 2 N–H and O–H groups in total. The first-order chi connectivity index (χ1) is 8.03. The monoisotopic (exact) mass is 263 g/mol. The first-order valence-electron chi connectivity index (χ1n) is 6.00. The molecule has 7 heteroatoms. The van der Waals surface area contributed by atoms with E-state index in [1.807, 2.05) is 13.8 Å². The lowest BCUT2D eigenvalue weighted by Gasteiger charge is -2.34. The van der Waals surface area contributed by atoms with Gasteiger partial charge in [0, 0.05) is 26.2 Å². The molecule has 0 aromatic carbocycles. The van der Waals surface area contributed by atoms with Crippen molar-refractivity contribution in [2.75, 3.05) is 31.9 Å². The number of sulfonamides is 1. The molecule has 1 aliphatic heterocycles. The van der Waals surface area contributed by atoms with E-state index >= 15 is 0 Å². The van der Waals surface area contributed by atoms with Crippen LogP contribution in [-0.2, 0) is 14.8 Å². The van der Waals surface area contributed by atoms with Crippen LogP contribution in [0.25, 0.3) is 0 Å². The molecular weight excluding hydrogens is 242 g/mol. The molecule has 1 heterocycles. The Morgan fingerprint density at radius 2 is 2.18 bits per heavy atom. The zero-order valence-corrected chi connectivity index (χ0v) is 11.2. The Morgan fingerprint density at radius 1 is 1.47 bits per heavy atom. The second kappa shape index (κ2) is 6.32. The van der Waals surface area contributed by atoms with Crippen LogP contribution in [0.2, 0.25) is 0 Å². The van der Waals surface area contributed by atoms with Gasteiger partial charge in [0.2, 0.25) is 15.9 Å². The minimum Gasteiger partial charge on any atom is -0.355 e. The smallest absolute Gasteiger partial charge is 0.239 e. The van der Waals surface area contributed by atoms with Crippen LogP contribution < -0.4 is 10.6 Å². The van der Waals surface area contributed by atoms with Crippen molar-refractivity contribution < 1.29 is 13.2 Å². The van der Waals surface area contributed by atoms with Gasteiger partial charge in [0.05, 0.1) is 5.75 Å². The summed E-state index contributed by atoms with van der Waals surface area (Å²) in [5, 5.41) is 5.73. The van der Waals surface area contributed by atoms with Gasteiger partial charge in [-0.15, -0.1) is 0 Å².